The fraction of sp³-hybridized carbons (Fsp3) is 0.417. The van der Waals surface area contributed by atoms with Crippen LogP contribution in [0.15, 0.2) is 24.3 Å². The first-order chi connectivity index (χ1) is 8.14. The summed E-state index contributed by atoms with van der Waals surface area (Å²) in [6.45, 7) is 0.602. The smallest absolute Gasteiger partial charge is 0.263 e. The average Bonchev–Trinajstić information content (AvgIpc) is 2.78. The number of rotatable bonds is 3. The van der Waals surface area contributed by atoms with Crippen molar-refractivity contribution >= 4 is 11.6 Å². The molecule has 1 aromatic carbocycles. The average molecular weight is 238 g/mol. The van der Waals surface area contributed by atoms with Crippen LogP contribution in [0.5, 0.6) is 5.75 Å². The Morgan fingerprint density at radius 2 is 2.41 bits per heavy atom. The summed E-state index contributed by atoms with van der Waals surface area (Å²) < 4.78 is 19.1. The van der Waals surface area contributed by atoms with Gasteiger partial charge >= 0.3 is 0 Å². The van der Waals surface area contributed by atoms with E-state index in [1.165, 1.54) is 0 Å². The van der Waals surface area contributed by atoms with Gasteiger partial charge in [0.2, 0.25) is 5.67 Å². The minimum absolute atomic E-state index is 0.0722. The second kappa shape index (κ2) is 4.71. The lowest BCUT2D eigenvalue weighted by Crippen LogP contribution is -2.40. The van der Waals surface area contributed by atoms with Crippen molar-refractivity contribution in [1.82, 2.24) is 5.32 Å². The van der Waals surface area contributed by atoms with E-state index < -0.39 is 11.6 Å². The number of carbonyl (C=O) groups is 1. The van der Waals surface area contributed by atoms with Crippen LogP contribution in [0, 0.1) is 0 Å². The topological polar surface area (TPSA) is 50.4 Å². The van der Waals surface area contributed by atoms with Crippen molar-refractivity contribution < 1.29 is 13.9 Å². The van der Waals surface area contributed by atoms with Crippen LogP contribution >= 0.6 is 0 Å². The molecule has 2 N–H and O–H groups in total. The Bertz CT molecular complexity index is 417. The van der Waals surface area contributed by atoms with E-state index in [9.17, 15) is 9.18 Å². The maximum absolute atomic E-state index is 14.1. The van der Waals surface area contributed by atoms with Crippen molar-refractivity contribution in [3.05, 3.63) is 24.3 Å². The number of amides is 1. The first kappa shape index (κ1) is 11.9. The van der Waals surface area contributed by atoms with E-state index in [0.29, 0.717) is 18.0 Å². The number of halogens is 1. The number of benzene rings is 1. The molecule has 1 amide bonds. The Kier molecular flexibility index (Phi) is 3.28. The van der Waals surface area contributed by atoms with Gasteiger partial charge in [0.15, 0.2) is 0 Å². The number of ether oxygens (including phenoxy) is 1. The fourth-order valence-corrected chi connectivity index (χ4v) is 1.80. The number of hydrogen-bond acceptors (Lipinski definition) is 3. The first-order valence-electron chi connectivity index (χ1n) is 5.49. The molecule has 1 fully saturated rings. The third kappa shape index (κ3) is 2.55. The molecule has 17 heavy (non-hydrogen) atoms. The summed E-state index contributed by atoms with van der Waals surface area (Å²) in [6, 6.07) is 6.86. The van der Waals surface area contributed by atoms with E-state index in [-0.39, 0.29) is 13.0 Å². The van der Waals surface area contributed by atoms with Crippen molar-refractivity contribution in [2.75, 3.05) is 25.5 Å². The number of nitrogens with one attached hydrogen (secondary N) is 2. The quantitative estimate of drug-likeness (QED) is 0.835. The van der Waals surface area contributed by atoms with Crippen LogP contribution in [0.25, 0.3) is 0 Å². The monoisotopic (exact) mass is 238 g/mol. The Balaban J connectivity index is 2.07. The molecule has 0 radical (unpaired) electrons. The molecule has 0 bridgehead atoms. The number of carbonyl (C=O) groups excluding carboxylic acids is 1. The highest BCUT2D eigenvalue weighted by molar-refractivity contribution is 5.97. The lowest BCUT2D eigenvalue weighted by Gasteiger charge is -2.17. The molecule has 4 nitrogen and oxygen atoms in total. The van der Waals surface area contributed by atoms with Gasteiger partial charge < -0.3 is 15.4 Å². The van der Waals surface area contributed by atoms with E-state index >= 15 is 0 Å². The van der Waals surface area contributed by atoms with Gasteiger partial charge in [-0.2, -0.15) is 0 Å². The summed E-state index contributed by atoms with van der Waals surface area (Å²) in [4.78, 5) is 11.8. The summed E-state index contributed by atoms with van der Waals surface area (Å²) in [5.74, 6) is 0.0241. The summed E-state index contributed by atoms with van der Waals surface area (Å²) in [7, 11) is 1.54. The molecular formula is C12H15FN2O2. The van der Waals surface area contributed by atoms with Gasteiger partial charge in [-0.15, -0.1) is 0 Å². The highest BCUT2D eigenvalue weighted by Gasteiger charge is 2.41. The fourth-order valence-electron chi connectivity index (χ4n) is 1.80. The van der Waals surface area contributed by atoms with E-state index in [4.69, 9.17) is 4.74 Å². The molecule has 92 valence electrons. The van der Waals surface area contributed by atoms with Gasteiger partial charge in [-0.25, -0.2) is 4.39 Å². The summed E-state index contributed by atoms with van der Waals surface area (Å²) in [5.41, 5.74) is -1.26. The Labute approximate surface area is 99.2 Å². The zero-order valence-electron chi connectivity index (χ0n) is 9.63. The predicted octanol–water partition coefficient (Wildman–Crippen LogP) is 1.34. The van der Waals surface area contributed by atoms with E-state index in [0.717, 1.165) is 0 Å². The minimum atomic E-state index is -1.80. The van der Waals surface area contributed by atoms with Gasteiger partial charge in [0.05, 0.1) is 7.11 Å². The maximum Gasteiger partial charge on any atom is 0.263 e. The van der Waals surface area contributed by atoms with Gasteiger partial charge in [0.1, 0.15) is 5.75 Å². The number of anilines is 1. The lowest BCUT2D eigenvalue weighted by atomic mass is 10.0. The number of hydrogen-bond donors (Lipinski definition) is 2. The second-order valence-corrected chi connectivity index (χ2v) is 4.08. The van der Waals surface area contributed by atoms with Gasteiger partial charge in [-0.3, -0.25) is 4.79 Å². The molecule has 1 atom stereocenters. The van der Waals surface area contributed by atoms with Crippen LogP contribution in [-0.2, 0) is 4.79 Å². The predicted molar refractivity (Wildman–Crippen MR) is 62.9 cm³/mol. The third-order valence-electron chi connectivity index (χ3n) is 2.84. The number of methoxy groups -OCH3 is 1. The van der Waals surface area contributed by atoms with Crippen molar-refractivity contribution in [3.63, 3.8) is 0 Å². The third-order valence-corrected chi connectivity index (χ3v) is 2.84. The molecule has 1 unspecified atom stereocenters. The minimum Gasteiger partial charge on any atom is -0.497 e. The van der Waals surface area contributed by atoms with Gasteiger partial charge in [-0.05, 0) is 18.7 Å². The van der Waals surface area contributed by atoms with Crippen LogP contribution in [0.4, 0.5) is 10.1 Å². The Morgan fingerprint density at radius 3 is 3.06 bits per heavy atom. The zero-order chi connectivity index (χ0) is 12.3. The van der Waals surface area contributed by atoms with Gasteiger partial charge in [0.25, 0.3) is 5.91 Å². The van der Waals surface area contributed by atoms with Crippen molar-refractivity contribution in [2.24, 2.45) is 0 Å². The van der Waals surface area contributed by atoms with Crippen molar-refractivity contribution in [1.29, 1.82) is 0 Å². The highest BCUT2D eigenvalue weighted by Crippen LogP contribution is 2.23. The SMILES string of the molecule is COc1cccc(NC(=O)C2(F)CCNC2)c1. The molecule has 1 aromatic rings. The summed E-state index contributed by atoms with van der Waals surface area (Å²) in [6.07, 6.45) is 0.211. The zero-order valence-corrected chi connectivity index (χ0v) is 9.63. The summed E-state index contributed by atoms with van der Waals surface area (Å²) in [5, 5.41) is 5.41. The second-order valence-electron chi connectivity index (χ2n) is 4.08. The first-order valence-corrected chi connectivity index (χ1v) is 5.49. The van der Waals surface area contributed by atoms with Gasteiger partial charge in [0, 0.05) is 24.7 Å². The van der Waals surface area contributed by atoms with E-state index in [1.807, 2.05) is 0 Å². The van der Waals surface area contributed by atoms with Crippen LogP contribution in [0.2, 0.25) is 0 Å². The molecule has 1 heterocycles. The molecule has 0 saturated carbocycles. The van der Waals surface area contributed by atoms with Crippen LogP contribution in [0.3, 0.4) is 0 Å². The standard InChI is InChI=1S/C12H15FN2O2/c1-17-10-4-2-3-9(7-10)15-11(16)12(13)5-6-14-8-12/h2-4,7,14H,5-6,8H2,1H3,(H,15,16). The van der Waals surface area contributed by atoms with Crippen LogP contribution in [-0.4, -0.2) is 31.8 Å². The molecule has 5 heteroatoms. The molecule has 1 aliphatic rings. The highest BCUT2D eigenvalue weighted by atomic mass is 19.1. The van der Waals surface area contributed by atoms with Crippen molar-refractivity contribution in [2.45, 2.75) is 12.1 Å². The molecule has 2 rings (SSSR count). The number of alkyl halides is 1. The molecule has 0 aliphatic carbocycles. The normalized spacial score (nSPS) is 23.4. The largest absolute Gasteiger partial charge is 0.497 e. The molecular weight excluding hydrogens is 223 g/mol. The van der Waals surface area contributed by atoms with Crippen molar-refractivity contribution in [3.8, 4) is 5.75 Å². The summed E-state index contributed by atoms with van der Waals surface area (Å²) >= 11 is 0. The van der Waals surface area contributed by atoms with Crippen LogP contribution in [0.1, 0.15) is 6.42 Å². The van der Waals surface area contributed by atoms with Crippen LogP contribution < -0.4 is 15.4 Å². The van der Waals surface area contributed by atoms with E-state index in [2.05, 4.69) is 10.6 Å². The molecule has 1 saturated heterocycles. The van der Waals surface area contributed by atoms with Gasteiger partial charge in [-0.1, -0.05) is 6.07 Å². The molecule has 0 spiro atoms. The molecule has 1 aliphatic heterocycles. The molecule has 0 aromatic heterocycles. The maximum atomic E-state index is 14.1. The Hall–Kier alpha value is -1.62. The lowest BCUT2D eigenvalue weighted by molar-refractivity contribution is -0.126. The Morgan fingerprint density at radius 1 is 1.59 bits per heavy atom. The van der Waals surface area contributed by atoms with E-state index in [1.54, 1.807) is 31.4 Å².